The summed E-state index contributed by atoms with van der Waals surface area (Å²) in [5, 5.41) is 61.9. The van der Waals surface area contributed by atoms with Crippen LogP contribution in [0.25, 0.3) is 0 Å². The lowest BCUT2D eigenvalue weighted by molar-refractivity contribution is -0.454. The molecule has 0 bridgehead atoms. The molecule has 6 nitrogen and oxygen atoms in total. The minimum absolute atomic E-state index is 0.317. The topological polar surface area (TPSA) is 121 Å². The summed E-state index contributed by atoms with van der Waals surface area (Å²) in [5.41, 5.74) is 0. The Bertz CT molecular complexity index is 517. The molecule has 0 radical (unpaired) electrons. The highest BCUT2D eigenvalue weighted by atomic mass is 16.7. The zero-order valence-corrected chi connectivity index (χ0v) is 26.1. The van der Waals surface area contributed by atoms with E-state index in [2.05, 4.69) is 0 Å². The van der Waals surface area contributed by atoms with Crippen molar-refractivity contribution >= 4 is 0 Å². The van der Waals surface area contributed by atoms with Gasteiger partial charge >= 0.3 is 0 Å². The maximum atomic E-state index is 10.3. The Kier molecular flexibility index (Phi) is 22.0. The third kappa shape index (κ3) is 17.7. The summed E-state index contributed by atoms with van der Waals surface area (Å²) in [4.78, 5) is 0. The second-order valence-electron chi connectivity index (χ2n) is 13.1. The normalized spacial score (nSPS) is 26.2. The molecule has 1 aliphatic carbocycles. The minimum atomic E-state index is -3.41. The van der Waals surface area contributed by atoms with Crippen LogP contribution in [0.3, 0.4) is 0 Å². The standard InChI is InChI=1S/C34H68O6/c35-32(36)30-28-26-24-22-20-18-16-14-12-10-8-6-4-2-1-3-5-7-9-11-13-15-17-19-21-23-25-27-29-31-33(37,38)34(32,39)40/h35-40H,1-31H2. The lowest BCUT2D eigenvalue weighted by Crippen LogP contribution is -2.68. The summed E-state index contributed by atoms with van der Waals surface area (Å²) >= 11 is 0. The van der Waals surface area contributed by atoms with E-state index in [4.69, 9.17) is 0 Å². The Balaban J connectivity index is 2.36. The first-order chi connectivity index (χ1) is 19.2. The lowest BCUT2D eigenvalue weighted by atomic mass is 9.88. The predicted molar refractivity (Wildman–Crippen MR) is 165 cm³/mol. The number of hydrogen-bond acceptors (Lipinski definition) is 6. The first kappa shape index (κ1) is 37.8. The molecular formula is C34H68O6. The van der Waals surface area contributed by atoms with Crippen LogP contribution in [0.4, 0.5) is 0 Å². The van der Waals surface area contributed by atoms with Crippen molar-refractivity contribution < 1.29 is 30.6 Å². The average molecular weight is 573 g/mol. The first-order valence-corrected chi connectivity index (χ1v) is 17.5. The Hall–Kier alpha value is -0.240. The SMILES string of the molecule is OC1(O)CCCCCCCCCCCCCCCCCCCCCCCCCCCCCCCC(O)(O)C1(O)O. The smallest absolute Gasteiger partial charge is 0.274 e. The fourth-order valence-corrected chi connectivity index (χ4v) is 6.19. The van der Waals surface area contributed by atoms with E-state index in [1.165, 1.54) is 135 Å². The fraction of sp³-hybridized carbons (Fsp3) is 1.00. The summed E-state index contributed by atoms with van der Waals surface area (Å²) < 4.78 is 0. The number of hydrogen-bond donors (Lipinski definition) is 6. The van der Waals surface area contributed by atoms with Gasteiger partial charge in [-0.2, -0.15) is 0 Å². The van der Waals surface area contributed by atoms with Crippen LogP contribution in [0.2, 0.25) is 0 Å². The molecule has 0 aromatic heterocycles. The Morgan fingerprint density at radius 3 is 0.475 bits per heavy atom. The zero-order valence-electron chi connectivity index (χ0n) is 26.1. The Morgan fingerprint density at radius 1 is 0.200 bits per heavy atom. The third-order valence-corrected chi connectivity index (χ3v) is 9.17. The van der Waals surface area contributed by atoms with Gasteiger partial charge in [-0.1, -0.05) is 173 Å². The Morgan fingerprint density at radius 2 is 0.325 bits per heavy atom. The molecule has 1 rings (SSSR count). The van der Waals surface area contributed by atoms with E-state index in [0.717, 1.165) is 38.5 Å². The lowest BCUT2D eigenvalue weighted by Gasteiger charge is -2.43. The van der Waals surface area contributed by atoms with Crippen LogP contribution in [0.5, 0.6) is 0 Å². The van der Waals surface area contributed by atoms with Crippen LogP contribution in [0.15, 0.2) is 0 Å². The van der Waals surface area contributed by atoms with E-state index in [9.17, 15) is 30.6 Å². The van der Waals surface area contributed by atoms with Gasteiger partial charge in [0.25, 0.3) is 5.79 Å². The van der Waals surface area contributed by atoms with Crippen molar-refractivity contribution in [1.29, 1.82) is 0 Å². The van der Waals surface area contributed by atoms with Gasteiger partial charge < -0.3 is 30.6 Å². The molecule has 0 atom stereocenters. The summed E-state index contributed by atoms with van der Waals surface area (Å²) in [5.74, 6) is -9.36. The Labute approximate surface area is 247 Å². The molecule has 0 spiro atoms. The van der Waals surface area contributed by atoms with Crippen LogP contribution in [0, 0.1) is 0 Å². The van der Waals surface area contributed by atoms with Crippen LogP contribution >= 0.6 is 0 Å². The molecule has 1 aliphatic rings. The van der Waals surface area contributed by atoms with E-state index < -0.39 is 17.4 Å². The highest BCUT2D eigenvalue weighted by Gasteiger charge is 2.60. The van der Waals surface area contributed by atoms with Gasteiger partial charge in [0.1, 0.15) is 0 Å². The molecule has 0 amide bonds. The highest BCUT2D eigenvalue weighted by molar-refractivity contribution is 4.93. The largest absolute Gasteiger partial charge is 0.361 e. The molecule has 6 heteroatoms. The van der Waals surface area contributed by atoms with Gasteiger partial charge in [0.2, 0.25) is 11.6 Å². The second kappa shape index (κ2) is 23.2. The molecule has 0 aromatic rings. The van der Waals surface area contributed by atoms with Gasteiger partial charge in [-0.15, -0.1) is 0 Å². The highest BCUT2D eigenvalue weighted by Crippen LogP contribution is 2.35. The van der Waals surface area contributed by atoms with E-state index in [1.807, 2.05) is 0 Å². The molecule has 6 N–H and O–H groups in total. The van der Waals surface area contributed by atoms with E-state index >= 15 is 0 Å². The van der Waals surface area contributed by atoms with Crippen molar-refractivity contribution in [3.63, 3.8) is 0 Å². The average Bonchev–Trinajstić information content (AvgIpc) is 2.91. The third-order valence-electron chi connectivity index (χ3n) is 9.17. The molecule has 0 aromatic carbocycles. The van der Waals surface area contributed by atoms with Crippen molar-refractivity contribution in [2.45, 2.75) is 216 Å². The monoisotopic (exact) mass is 573 g/mol. The van der Waals surface area contributed by atoms with Gasteiger partial charge in [0.05, 0.1) is 0 Å². The summed E-state index contributed by atoms with van der Waals surface area (Å²) in [7, 11) is 0. The van der Waals surface area contributed by atoms with Crippen LogP contribution in [-0.2, 0) is 0 Å². The molecule has 240 valence electrons. The van der Waals surface area contributed by atoms with Gasteiger partial charge in [-0.05, 0) is 12.8 Å². The van der Waals surface area contributed by atoms with Crippen molar-refractivity contribution in [3.05, 3.63) is 0 Å². The van der Waals surface area contributed by atoms with Crippen molar-refractivity contribution in [3.8, 4) is 0 Å². The van der Waals surface area contributed by atoms with Crippen LogP contribution in [0.1, 0.15) is 199 Å². The van der Waals surface area contributed by atoms with Crippen LogP contribution < -0.4 is 0 Å². The molecule has 0 saturated heterocycles. The van der Waals surface area contributed by atoms with Gasteiger partial charge in [0, 0.05) is 12.8 Å². The summed E-state index contributed by atoms with van der Waals surface area (Å²) in [6.45, 7) is 0. The minimum Gasteiger partial charge on any atom is -0.361 e. The maximum absolute atomic E-state index is 10.3. The molecule has 1 saturated carbocycles. The molecule has 40 heavy (non-hydrogen) atoms. The molecular weight excluding hydrogens is 504 g/mol. The predicted octanol–water partition coefficient (Wildman–Crippen LogP) is 8.14. The maximum Gasteiger partial charge on any atom is 0.274 e. The summed E-state index contributed by atoms with van der Waals surface area (Å²) in [6.07, 6.45) is 33.7. The van der Waals surface area contributed by atoms with Gasteiger partial charge in [-0.3, -0.25) is 0 Å². The van der Waals surface area contributed by atoms with Crippen molar-refractivity contribution in [2.24, 2.45) is 0 Å². The van der Waals surface area contributed by atoms with Crippen molar-refractivity contribution in [2.75, 3.05) is 0 Å². The van der Waals surface area contributed by atoms with Crippen LogP contribution in [-0.4, -0.2) is 48.0 Å². The number of aliphatic hydroxyl groups is 6. The molecule has 0 aliphatic heterocycles. The van der Waals surface area contributed by atoms with E-state index in [0.29, 0.717) is 12.8 Å². The quantitative estimate of drug-likeness (QED) is 0.163. The van der Waals surface area contributed by atoms with Gasteiger partial charge in [-0.25, -0.2) is 0 Å². The molecule has 1 fully saturated rings. The van der Waals surface area contributed by atoms with Crippen molar-refractivity contribution in [1.82, 2.24) is 0 Å². The first-order valence-electron chi connectivity index (χ1n) is 17.5. The van der Waals surface area contributed by atoms with E-state index in [1.54, 1.807) is 0 Å². The summed E-state index contributed by atoms with van der Waals surface area (Å²) in [6, 6.07) is 0. The second-order valence-corrected chi connectivity index (χ2v) is 13.1. The fourth-order valence-electron chi connectivity index (χ4n) is 6.19. The van der Waals surface area contributed by atoms with Gasteiger partial charge in [0.15, 0.2) is 0 Å². The molecule has 0 heterocycles. The zero-order chi connectivity index (χ0) is 29.4. The van der Waals surface area contributed by atoms with E-state index in [-0.39, 0.29) is 12.8 Å². The molecule has 0 unspecified atom stereocenters. The number of rotatable bonds is 0.